The summed E-state index contributed by atoms with van der Waals surface area (Å²) in [7, 11) is 3.16. The van der Waals surface area contributed by atoms with E-state index in [1.165, 1.54) is 50.6 Å². The third-order valence-electron chi connectivity index (χ3n) is 4.93. The van der Waals surface area contributed by atoms with Gasteiger partial charge in [-0.2, -0.15) is 0 Å². The molecule has 1 amide bonds. The van der Waals surface area contributed by atoms with Gasteiger partial charge in [0.25, 0.3) is 0 Å². The van der Waals surface area contributed by atoms with E-state index in [2.05, 4.69) is 14.8 Å². The van der Waals surface area contributed by atoms with Crippen LogP contribution in [0.5, 0.6) is 5.75 Å². The van der Waals surface area contributed by atoms with Crippen molar-refractivity contribution in [2.75, 3.05) is 19.9 Å². The summed E-state index contributed by atoms with van der Waals surface area (Å²) >= 11 is 1.44. The van der Waals surface area contributed by atoms with Crippen LogP contribution in [0.15, 0.2) is 23.4 Å². The van der Waals surface area contributed by atoms with Crippen molar-refractivity contribution in [2.24, 2.45) is 0 Å². The van der Waals surface area contributed by atoms with Crippen molar-refractivity contribution in [1.29, 1.82) is 0 Å². The van der Waals surface area contributed by atoms with Gasteiger partial charge in [0.1, 0.15) is 5.82 Å². The van der Waals surface area contributed by atoms with Crippen LogP contribution in [0.2, 0.25) is 0 Å². The van der Waals surface area contributed by atoms with E-state index in [0.717, 1.165) is 16.5 Å². The number of hydrogen-bond acceptors (Lipinski definition) is 5. The van der Waals surface area contributed by atoms with Crippen LogP contribution in [0.25, 0.3) is 0 Å². The van der Waals surface area contributed by atoms with E-state index in [4.69, 9.17) is 4.74 Å². The molecule has 1 aromatic heterocycles. The molecule has 8 heteroatoms. The van der Waals surface area contributed by atoms with E-state index < -0.39 is 5.82 Å². The van der Waals surface area contributed by atoms with Crippen molar-refractivity contribution in [3.05, 3.63) is 35.4 Å². The minimum Gasteiger partial charge on any atom is -0.494 e. The van der Waals surface area contributed by atoms with Crippen LogP contribution < -0.4 is 4.74 Å². The quantitative estimate of drug-likeness (QED) is 0.647. The standard InChI is InChI=1S/C19H23FN4O2S/c1-23(10-12-3-8-16(26-2)15(20)9-12)17(25)11-27-19-22-21-18(13-4-5-13)24(19)14-6-7-14/h3,8-9,13-14H,4-7,10-11H2,1-2H3. The maximum Gasteiger partial charge on any atom is 0.233 e. The van der Waals surface area contributed by atoms with Gasteiger partial charge in [-0.25, -0.2) is 4.39 Å². The molecule has 0 bridgehead atoms. The fourth-order valence-corrected chi connectivity index (χ4v) is 4.04. The molecule has 0 saturated heterocycles. The number of carbonyl (C=O) groups excluding carboxylic acids is 1. The van der Waals surface area contributed by atoms with E-state index in [1.807, 2.05) is 0 Å². The van der Waals surface area contributed by atoms with Crippen LogP contribution in [-0.2, 0) is 11.3 Å². The van der Waals surface area contributed by atoms with E-state index in [0.29, 0.717) is 24.3 Å². The van der Waals surface area contributed by atoms with Gasteiger partial charge in [0, 0.05) is 25.6 Å². The van der Waals surface area contributed by atoms with Crippen LogP contribution in [0.3, 0.4) is 0 Å². The van der Waals surface area contributed by atoms with Gasteiger partial charge < -0.3 is 14.2 Å². The molecule has 0 spiro atoms. The molecule has 0 atom stereocenters. The molecule has 0 radical (unpaired) electrons. The lowest BCUT2D eigenvalue weighted by Gasteiger charge is -2.17. The van der Waals surface area contributed by atoms with Gasteiger partial charge >= 0.3 is 0 Å². The zero-order valence-electron chi connectivity index (χ0n) is 15.5. The average molecular weight is 390 g/mol. The molecule has 6 nitrogen and oxygen atoms in total. The summed E-state index contributed by atoms with van der Waals surface area (Å²) in [5, 5.41) is 9.54. The number of nitrogens with zero attached hydrogens (tertiary/aromatic N) is 4. The predicted molar refractivity (Wildman–Crippen MR) is 100 cm³/mol. The fourth-order valence-electron chi connectivity index (χ4n) is 3.09. The number of carbonyl (C=O) groups is 1. The molecule has 1 heterocycles. The lowest BCUT2D eigenvalue weighted by molar-refractivity contribution is -0.127. The SMILES string of the molecule is COc1ccc(CN(C)C(=O)CSc2nnc(C3CC3)n2C2CC2)cc1F. The maximum absolute atomic E-state index is 13.8. The molecule has 2 aliphatic rings. The lowest BCUT2D eigenvalue weighted by atomic mass is 10.2. The van der Waals surface area contributed by atoms with Gasteiger partial charge in [-0.15, -0.1) is 10.2 Å². The Balaban J connectivity index is 1.36. The molecule has 0 aliphatic heterocycles. The summed E-state index contributed by atoms with van der Waals surface area (Å²) in [4.78, 5) is 14.1. The Hall–Kier alpha value is -2.09. The lowest BCUT2D eigenvalue weighted by Crippen LogP contribution is -2.28. The third-order valence-corrected chi connectivity index (χ3v) is 5.86. The maximum atomic E-state index is 13.8. The van der Waals surface area contributed by atoms with Crippen LogP contribution >= 0.6 is 11.8 Å². The first kappa shape index (κ1) is 18.3. The number of methoxy groups -OCH3 is 1. The second-order valence-corrected chi connectivity index (χ2v) is 8.17. The molecular weight excluding hydrogens is 367 g/mol. The predicted octanol–water partition coefficient (Wildman–Crippen LogP) is 3.39. The largest absolute Gasteiger partial charge is 0.494 e. The molecule has 2 aliphatic carbocycles. The Labute approximate surface area is 162 Å². The average Bonchev–Trinajstić information content (AvgIpc) is 3.58. The molecule has 0 N–H and O–H groups in total. The van der Waals surface area contributed by atoms with Crippen LogP contribution in [0.1, 0.15) is 49.0 Å². The van der Waals surface area contributed by atoms with Gasteiger partial charge in [0.15, 0.2) is 16.7 Å². The topological polar surface area (TPSA) is 60.2 Å². The molecule has 4 rings (SSSR count). The minimum atomic E-state index is -0.421. The molecule has 144 valence electrons. The van der Waals surface area contributed by atoms with Gasteiger partial charge in [-0.1, -0.05) is 17.8 Å². The smallest absolute Gasteiger partial charge is 0.233 e. The van der Waals surface area contributed by atoms with Crippen molar-refractivity contribution >= 4 is 17.7 Å². The Kier molecular flexibility index (Phi) is 5.08. The van der Waals surface area contributed by atoms with Crippen LogP contribution in [0, 0.1) is 5.82 Å². The third kappa shape index (κ3) is 4.10. The van der Waals surface area contributed by atoms with Crippen molar-refractivity contribution in [2.45, 2.75) is 49.3 Å². The summed E-state index contributed by atoms with van der Waals surface area (Å²) in [5.74, 6) is 1.70. The van der Waals surface area contributed by atoms with Crippen LogP contribution in [-0.4, -0.2) is 45.5 Å². The zero-order valence-corrected chi connectivity index (χ0v) is 16.3. The van der Waals surface area contributed by atoms with Crippen molar-refractivity contribution < 1.29 is 13.9 Å². The highest BCUT2D eigenvalue weighted by Crippen LogP contribution is 2.46. The molecular formula is C19H23FN4O2S. The summed E-state index contributed by atoms with van der Waals surface area (Å²) < 4.78 is 21.0. The van der Waals surface area contributed by atoms with Gasteiger partial charge in [0.2, 0.25) is 5.91 Å². The first-order valence-electron chi connectivity index (χ1n) is 9.20. The first-order chi connectivity index (χ1) is 13.1. The van der Waals surface area contributed by atoms with Crippen molar-refractivity contribution in [3.63, 3.8) is 0 Å². The molecule has 1 aromatic carbocycles. The number of thioether (sulfide) groups is 1. The highest BCUT2D eigenvalue weighted by molar-refractivity contribution is 7.99. The van der Waals surface area contributed by atoms with E-state index in [9.17, 15) is 9.18 Å². The second-order valence-electron chi connectivity index (χ2n) is 7.22. The molecule has 27 heavy (non-hydrogen) atoms. The Morgan fingerprint density at radius 1 is 1.33 bits per heavy atom. The number of hydrogen-bond donors (Lipinski definition) is 0. The number of halogens is 1. The summed E-state index contributed by atoms with van der Waals surface area (Å²) in [6, 6.07) is 5.26. The Morgan fingerprint density at radius 3 is 2.74 bits per heavy atom. The van der Waals surface area contributed by atoms with E-state index in [1.54, 1.807) is 24.1 Å². The summed E-state index contributed by atoms with van der Waals surface area (Å²) in [5.41, 5.74) is 0.728. The Morgan fingerprint density at radius 2 is 2.11 bits per heavy atom. The minimum absolute atomic E-state index is 0.0189. The normalized spacial score (nSPS) is 16.4. The number of rotatable bonds is 8. The number of benzene rings is 1. The van der Waals surface area contributed by atoms with Crippen molar-refractivity contribution in [3.8, 4) is 5.75 Å². The molecule has 0 unspecified atom stereocenters. The first-order valence-corrected chi connectivity index (χ1v) is 10.2. The van der Waals surface area contributed by atoms with E-state index >= 15 is 0 Å². The summed E-state index contributed by atoms with van der Waals surface area (Å²) in [6.45, 7) is 0.350. The van der Waals surface area contributed by atoms with E-state index in [-0.39, 0.29) is 11.7 Å². The highest BCUT2D eigenvalue weighted by atomic mass is 32.2. The zero-order chi connectivity index (χ0) is 19.0. The Bertz CT molecular complexity index is 848. The monoisotopic (exact) mass is 390 g/mol. The number of ether oxygens (including phenoxy) is 1. The van der Waals surface area contributed by atoms with Gasteiger partial charge in [-0.3, -0.25) is 4.79 Å². The second kappa shape index (κ2) is 7.50. The van der Waals surface area contributed by atoms with Gasteiger partial charge in [-0.05, 0) is 43.4 Å². The molecule has 2 aromatic rings. The molecule has 2 fully saturated rings. The molecule has 2 saturated carbocycles. The van der Waals surface area contributed by atoms with Crippen molar-refractivity contribution in [1.82, 2.24) is 19.7 Å². The fraction of sp³-hybridized carbons (Fsp3) is 0.526. The summed E-state index contributed by atoms with van der Waals surface area (Å²) in [6.07, 6.45) is 4.72. The van der Waals surface area contributed by atoms with Crippen LogP contribution in [0.4, 0.5) is 4.39 Å². The highest BCUT2D eigenvalue weighted by Gasteiger charge is 2.36. The van der Waals surface area contributed by atoms with Gasteiger partial charge in [0.05, 0.1) is 12.9 Å². The number of amides is 1. The number of aromatic nitrogens is 3.